The largest absolute Gasteiger partial charge is 0.508 e. The maximum absolute atomic E-state index is 11.4. The van der Waals surface area contributed by atoms with Gasteiger partial charge < -0.3 is 10.4 Å². The summed E-state index contributed by atoms with van der Waals surface area (Å²) in [5.74, 6) is -0.460. The molecule has 104 valence electrons. The van der Waals surface area contributed by atoms with Gasteiger partial charge in [-0.3, -0.25) is 10.1 Å². The summed E-state index contributed by atoms with van der Waals surface area (Å²) in [6, 6.07) is 9.04. The first-order valence-corrected chi connectivity index (χ1v) is 6.41. The number of hydrogen-bond acceptors (Lipinski definition) is 4. The third-order valence-electron chi connectivity index (χ3n) is 2.61. The fraction of sp³-hybridized carbons (Fsp3) is 0. The highest BCUT2D eigenvalue weighted by molar-refractivity contribution is 7.80. The lowest BCUT2D eigenvalue weighted by Gasteiger charge is -1.94. The van der Waals surface area contributed by atoms with Crippen LogP contribution in [-0.4, -0.2) is 16.1 Å². The van der Waals surface area contributed by atoms with Gasteiger partial charge in [0, 0.05) is 6.08 Å². The molecule has 21 heavy (non-hydrogen) atoms. The summed E-state index contributed by atoms with van der Waals surface area (Å²) in [6.45, 7) is 0. The second kappa shape index (κ2) is 6.50. The highest BCUT2D eigenvalue weighted by Crippen LogP contribution is 2.07. The van der Waals surface area contributed by atoms with E-state index >= 15 is 0 Å². The lowest BCUT2D eigenvalue weighted by Crippen LogP contribution is -2.21. The highest BCUT2D eigenvalue weighted by Gasteiger charge is 2.19. The molecule has 0 unspecified atom stereocenters. The molecule has 0 spiro atoms. The predicted molar refractivity (Wildman–Crippen MR) is 82.9 cm³/mol. The fourth-order valence-electron chi connectivity index (χ4n) is 1.60. The van der Waals surface area contributed by atoms with E-state index in [-0.39, 0.29) is 22.5 Å². The summed E-state index contributed by atoms with van der Waals surface area (Å²) in [5.41, 5.74) is 1.67. The molecule has 1 aliphatic heterocycles. The number of hydrogen-bond donors (Lipinski definition) is 3. The van der Waals surface area contributed by atoms with Crippen molar-refractivity contribution in [3.05, 3.63) is 65.1 Å². The quantitative estimate of drug-likeness (QED) is 0.343. The van der Waals surface area contributed by atoms with Gasteiger partial charge in [-0.15, -0.1) is 0 Å². The molecule has 5 nitrogen and oxygen atoms in total. The molecule has 6 heteroatoms. The van der Waals surface area contributed by atoms with Gasteiger partial charge in [0.1, 0.15) is 11.5 Å². The Balaban J connectivity index is 2.04. The zero-order chi connectivity index (χ0) is 15.2. The number of aliphatic hydroxyl groups excluding tert-OH is 1. The van der Waals surface area contributed by atoms with Crippen LogP contribution in [0.25, 0.3) is 6.08 Å². The zero-order valence-corrected chi connectivity index (χ0v) is 11.6. The molecule has 0 radical (unpaired) electrons. The van der Waals surface area contributed by atoms with Gasteiger partial charge in [0.2, 0.25) is 0 Å². The van der Waals surface area contributed by atoms with Crippen LogP contribution in [0.5, 0.6) is 0 Å². The minimum absolute atomic E-state index is 0.0813. The first kappa shape index (κ1) is 14.5. The van der Waals surface area contributed by atoms with Crippen molar-refractivity contribution in [2.24, 2.45) is 0 Å². The van der Waals surface area contributed by atoms with Crippen LogP contribution in [0.4, 0.5) is 0 Å². The van der Waals surface area contributed by atoms with E-state index in [2.05, 4.69) is 10.6 Å². The Bertz CT molecular complexity index is 709. The number of nitriles is 1. The van der Waals surface area contributed by atoms with Crippen LogP contribution in [0.2, 0.25) is 0 Å². The molecule has 0 aromatic heterocycles. The first-order chi connectivity index (χ1) is 10.1. The molecule has 0 bridgehead atoms. The summed E-state index contributed by atoms with van der Waals surface area (Å²) in [6.07, 6.45) is 6.14. The third kappa shape index (κ3) is 4.03. The van der Waals surface area contributed by atoms with Crippen molar-refractivity contribution in [2.75, 3.05) is 0 Å². The lowest BCUT2D eigenvalue weighted by atomic mass is 10.1. The second-order valence-corrected chi connectivity index (χ2v) is 4.56. The van der Waals surface area contributed by atoms with Gasteiger partial charge in [0.15, 0.2) is 5.11 Å². The van der Waals surface area contributed by atoms with Gasteiger partial charge in [-0.25, -0.2) is 0 Å². The molecule has 1 fully saturated rings. The third-order valence-corrected chi connectivity index (χ3v) is 2.81. The van der Waals surface area contributed by atoms with Crippen molar-refractivity contribution in [3.8, 4) is 6.07 Å². The Hall–Kier alpha value is -2.91. The number of rotatable bonds is 3. The maximum atomic E-state index is 11.4. The molecule has 1 heterocycles. The molecule has 2 rings (SSSR count). The fourth-order valence-corrected chi connectivity index (χ4v) is 1.81. The van der Waals surface area contributed by atoms with Crippen molar-refractivity contribution in [2.45, 2.75) is 0 Å². The smallest absolute Gasteiger partial charge is 0.274 e. The van der Waals surface area contributed by atoms with E-state index in [9.17, 15) is 9.90 Å². The number of carbonyl (C=O) groups is 1. The standard InChI is InChI=1S/C15H11N3O2S/c16-9-11-6-4-10(5-7-11)2-1-3-12(19)8-13-14(20)18-15(21)17-13/h1-8,19H,(H2,17,18,20,21)/b2-1+,12-3-,13-8?. The number of amides is 1. The zero-order valence-electron chi connectivity index (χ0n) is 10.8. The SMILES string of the molecule is N#Cc1ccc(/C=C/C=C(\O)C=C2NC(=S)NC2=O)cc1. The van der Waals surface area contributed by atoms with E-state index in [0.717, 1.165) is 5.56 Å². The summed E-state index contributed by atoms with van der Waals surface area (Å²) in [5, 5.41) is 23.6. The molecule has 1 aromatic carbocycles. The molecule has 0 atom stereocenters. The van der Waals surface area contributed by atoms with Crippen LogP contribution in [0.15, 0.2) is 53.9 Å². The van der Waals surface area contributed by atoms with E-state index < -0.39 is 0 Å². The van der Waals surface area contributed by atoms with Crippen molar-refractivity contribution < 1.29 is 9.90 Å². The minimum Gasteiger partial charge on any atom is -0.508 e. The van der Waals surface area contributed by atoms with Gasteiger partial charge in [0.25, 0.3) is 5.91 Å². The molecule has 3 N–H and O–H groups in total. The number of benzene rings is 1. The minimum atomic E-state index is -0.379. The molecule has 0 aliphatic carbocycles. The van der Waals surface area contributed by atoms with Crippen LogP contribution in [0, 0.1) is 11.3 Å². The van der Waals surface area contributed by atoms with Crippen molar-refractivity contribution >= 4 is 29.3 Å². The monoisotopic (exact) mass is 297 g/mol. The number of carbonyl (C=O) groups excluding carboxylic acids is 1. The van der Waals surface area contributed by atoms with Gasteiger partial charge in [-0.2, -0.15) is 5.26 Å². The van der Waals surface area contributed by atoms with Crippen LogP contribution < -0.4 is 10.6 Å². The Labute approximate surface area is 126 Å². The summed E-state index contributed by atoms with van der Waals surface area (Å²) < 4.78 is 0. The Morgan fingerprint density at radius 1 is 1.29 bits per heavy atom. The van der Waals surface area contributed by atoms with E-state index in [1.165, 1.54) is 12.2 Å². The van der Waals surface area contributed by atoms with Crippen LogP contribution in [0.3, 0.4) is 0 Å². The average Bonchev–Trinajstić information content (AvgIpc) is 2.77. The molecular weight excluding hydrogens is 286 g/mol. The summed E-state index contributed by atoms with van der Waals surface area (Å²) in [4.78, 5) is 11.4. The molecular formula is C15H11N3O2S. The van der Waals surface area contributed by atoms with Gasteiger partial charge in [-0.1, -0.05) is 24.3 Å². The van der Waals surface area contributed by atoms with Crippen LogP contribution in [0.1, 0.15) is 11.1 Å². The highest BCUT2D eigenvalue weighted by atomic mass is 32.1. The second-order valence-electron chi connectivity index (χ2n) is 4.15. The van der Waals surface area contributed by atoms with E-state index in [4.69, 9.17) is 17.5 Å². The Kier molecular flexibility index (Phi) is 4.49. The first-order valence-electron chi connectivity index (χ1n) is 6.00. The lowest BCUT2D eigenvalue weighted by molar-refractivity contribution is -0.115. The molecule has 1 aliphatic rings. The van der Waals surface area contributed by atoms with Crippen molar-refractivity contribution in [1.29, 1.82) is 5.26 Å². The van der Waals surface area contributed by atoms with Gasteiger partial charge in [-0.05, 0) is 36.0 Å². The van der Waals surface area contributed by atoms with Crippen LogP contribution in [-0.2, 0) is 4.79 Å². The van der Waals surface area contributed by atoms with Gasteiger partial charge in [0.05, 0.1) is 11.6 Å². The normalized spacial score (nSPS) is 16.9. The van der Waals surface area contributed by atoms with Crippen molar-refractivity contribution in [3.63, 3.8) is 0 Å². The average molecular weight is 297 g/mol. The van der Waals surface area contributed by atoms with E-state index in [1.807, 2.05) is 6.07 Å². The molecule has 1 aromatic rings. The van der Waals surface area contributed by atoms with Crippen LogP contribution >= 0.6 is 12.2 Å². The number of aliphatic hydroxyl groups is 1. The summed E-state index contributed by atoms with van der Waals surface area (Å²) in [7, 11) is 0. The topological polar surface area (TPSA) is 85.2 Å². The molecule has 1 amide bonds. The number of nitrogens with zero attached hydrogens (tertiary/aromatic N) is 1. The molecule has 1 saturated heterocycles. The van der Waals surface area contributed by atoms with E-state index in [1.54, 1.807) is 36.4 Å². The Morgan fingerprint density at radius 2 is 2.00 bits per heavy atom. The predicted octanol–water partition coefficient (Wildman–Crippen LogP) is 1.90. The Morgan fingerprint density at radius 3 is 2.57 bits per heavy atom. The van der Waals surface area contributed by atoms with E-state index in [0.29, 0.717) is 5.56 Å². The summed E-state index contributed by atoms with van der Waals surface area (Å²) >= 11 is 4.78. The number of nitrogens with one attached hydrogen (secondary N) is 2. The number of thiocarbonyl (C=S) groups is 1. The van der Waals surface area contributed by atoms with Gasteiger partial charge >= 0.3 is 0 Å². The van der Waals surface area contributed by atoms with Crippen molar-refractivity contribution in [1.82, 2.24) is 10.6 Å². The number of allylic oxidation sites excluding steroid dienone is 3. The maximum Gasteiger partial charge on any atom is 0.274 e. The molecule has 0 saturated carbocycles.